The van der Waals surface area contributed by atoms with Gasteiger partial charge in [-0.1, -0.05) is 30.3 Å². The van der Waals surface area contributed by atoms with E-state index in [9.17, 15) is 0 Å². The van der Waals surface area contributed by atoms with Gasteiger partial charge >= 0.3 is 0 Å². The zero-order valence-corrected chi connectivity index (χ0v) is 15.4. The third-order valence-electron chi connectivity index (χ3n) is 5.25. The summed E-state index contributed by atoms with van der Waals surface area (Å²) in [5.74, 6) is 0. The molecular weight excluding hydrogens is 312 g/mol. The summed E-state index contributed by atoms with van der Waals surface area (Å²) in [7, 11) is 0. The Balaban J connectivity index is 1.47. The lowest BCUT2D eigenvalue weighted by Crippen LogP contribution is -2.42. The van der Waals surface area contributed by atoms with E-state index in [2.05, 4.69) is 59.5 Å². The molecule has 1 aromatic heterocycles. The molecule has 25 heavy (non-hydrogen) atoms. The number of aliphatic hydroxyl groups excluding tert-OH is 1. The summed E-state index contributed by atoms with van der Waals surface area (Å²) in [6.07, 6.45) is 2.38. The summed E-state index contributed by atoms with van der Waals surface area (Å²) in [5.41, 5.74) is 4.91. The molecule has 3 rings (SSSR count). The van der Waals surface area contributed by atoms with Crippen LogP contribution in [0.2, 0.25) is 0 Å². The lowest BCUT2D eigenvalue weighted by atomic mass is 10.0. The molecule has 1 saturated heterocycles. The van der Waals surface area contributed by atoms with Gasteiger partial charge in [-0.2, -0.15) is 5.10 Å². The van der Waals surface area contributed by atoms with Gasteiger partial charge in [-0.25, -0.2) is 0 Å². The van der Waals surface area contributed by atoms with Crippen molar-refractivity contribution in [2.75, 3.05) is 19.7 Å². The van der Waals surface area contributed by atoms with Crippen molar-refractivity contribution < 1.29 is 5.11 Å². The molecule has 2 N–H and O–H groups in total. The Kier molecular flexibility index (Phi) is 6.24. The molecule has 0 radical (unpaired) electrons. The van der Waals surface area contributed by atoms with Crippen molar-refractivity contribution in [3.8, 4) is 0 Å². The molecule has 5 heteroatoms. The normalized spacial score (nSPS) is 16.4. The highest BCUT2D eigenvalue weighted by molar-refractivity contribution is 5.24. The molecule has 0 unspecified atom stereocenters. The number of aliphatic hydroxyl groups is 1. The van der Waals surface area contributed by atoms with Crippen LogP contribution in [0, 0.1) is 13.8 Å². The molecule has 0 aliphatic carbocycles. The molecule has 1 aliphatic rings. The summed E-state index contributed by atoms with van der Waals surface area (Å²) < 4.78 is 1.91. The molecule has 136 valence electrons. The van der Waals surface area contributed by atoms with Crippen molar-refractivity contribution in [3.05, 3.63) is 52.8 Å². The smallest absolute Gasteiger partial charge is 0.0644 e. The predicted octanol–water partition coefficient (Wildman–Crippen LogP) is 2.25. The van der Waals surface area contributed by atoms with Gasteiger partial charge in [-0.05, 0) is 45.3 Å². The fourth-order valence-corrected chi connectivity index (χ4v) is 3.69. The number of nitrogens with zero attached hydrogens (tertiary/aromatic N) is 3. The van der Waals surface area contributed by atoms with Gasteiger partial charge in [0.2, 0.25) is 0 Å². The summed E-state index contributed by atoms with van der Waals surface area (Å²) >= 11 is 0. The maximum Gasteiger partial charge on any atom is 0.0644 e. The lowest BCUT2D eigenvalue weighted by Gasteiger charge is -2.32. The van der Waals surface area contributed by atoms with Crippen molar-refractivity contribution in [3.63, 3.8) is 0 Å². The van der Waals surface area contributed by atoms with Crippen molar-refractivity contribution >= 4 is 0 Å². The number of hydrogen-bond acceptors (Lipinski definition) is 4. The molecule has 0 atom stereocenters. The Morgan fingerprint density at radius 2 is 1.88 bits per heavy atom. The Hall–Kier alpha value is -1.69. The van der Waals surface area contributed by atoms with E-state index >= 15 is 0 Å². The van der Waals surface area contributed by atoms with Gasteiger partial charge in [-0.15, -0.1) is 0 Å². The van der Waals surface area contributed by atoms with Crippen LogP contribution in [0.5, 0.6) is 0 Å². The minimum Gasteiger partial charge on any atom is -0.394 e. The second-order valence-electron chi connectivity index (χ2n) is 7.01. The van der Waals surface area contributed by atoms with E-state index in [1.807, 2.05) is 4.68 Å². The highest BCUT2D eigenvalue weighted by Crippen LogP contribution is 2.17. The first-order chi connectivity index (χ1) is 12.2. The highest BCUT2D eigenvalue weighted by Gasteiger charge is 2.20. The second-order valence-corrected chi connectivity index (χ2v) is 7.01. The summed E-state index contributed by atoms with van der Waals surface area (Å²) in [6, 6.07) is 11.3. The number of piperidine rings is 1. The third-order valence-corrected chi connectivity index (χ3v) is 5.25. The van der Waals surface area contributed by atoms with E-state index in [0.717, 1.165) is 31.9 Å². The van der Waals surface area contributed by atoms with Crippen LogP contribution in [0.15, 0.2) is 30.3 Å². The molecule has 1 fully saturated rings. The van der Waals surface area contributed by atoms with Crippen molar-refractivity contribution in [2.24, 2.45) is 0 Å². The molecular formula is C20H30N4O. The zero-order chi connectivity index (χ0) is 17.6. The number of nitrogens with one attached hydrogen (secondary N) is 1. The zero-order valence-electron chi connectivity index (χ0n) is 15.4. The standard InChI is InChI=1S/C20H30N4O/c1-16-20(17(2)24(22-16)12-13-25)14-21-19-8-10-23(11-9-19)15-18-6-4-3-5-7-18/h3-7,19,21,25H,8-15H2,1-2H3. The minimum atomic E-state index is 0.134. The Morgan fingerprint density at radius 1 is 1.16 bits per heavy atom. The van der Waals surface area contributed by atoms with Gasteiger partial charge < -0.3 is 10.4 Å². The molecule has 1 aromatic carbocycles. The van der Waals surface area contributed by atoms with Crippen LogP contribution in [0.4, 0.5) is 0 Å². The van der Waals surface area contributed by atoms with E-state index in [4.69, 9.17) is 5.11 Å². The first-order valence-electron chi connectivity index (χ1n) is 9.30. The fraction of sp³-hybridized carbons (Fsp3) is 0.550. The van der Waals surface area contributed by atoms with Gasteiger partial charge in [0, 0.05) is 30.4 Å². The maximum atomic E-state index is 9.13. The Morgan fingerprint density at radius 3 is 2.56 bits per heavy atom. The first kappa shape index (κ1) is 18.1. The van der Waals surface area contributed by atoms with Crippen LogP contribution in [0.3, 0.4) is 0 Å². The number of hydrogen-bond donors (Lipinski definition) is 2. The Bertz CT molecular complexity index is 660. The van der Waals surface area contributed by atoms with E-state index in [0.29, 0.717) is 12.6 Å². The molecule has 1 aliphatic heterocycles. The summed E-state index contributed by atoms with van der Waals surface area (Å²) in [6.45, 7) is 9.07. The highest BCUT2D eigenvalue weighted by atomic mass is 16.3. The van der Waals surface area contributed by atoms with Gasteiger partial charge in [-0.3, -0.25) is 9.58 Å². The molecule has 0 bridgehead atoms. The molecule has 0 amide bonds. The molecule has 5 nitrogen and oxygen atoms in total. The maximum absolute atomic E-state index is 9.13. The van der Waals surface area contributed by atoms with Crippen LogP contribution in [-0.2, 0) is 19.6 Å². The Labute approximate surface area is 150 Å². The fourth-order valence-electron chi connectivity index (χ4n) is 3.69. The van der Waals surface area contributed by atoms with Crippen LogP contribution in [-0.4, -0.2) is 45.5 Å². The van der Waals surface area contributed by atoms with E-state index in [1.165, 1.54) is 29.7 Å². The molecule has 2 heterocycles. The number of aryl methyl sites for hydroxylation is 1. The lowest BCUT2D eigenvalue weighted by molar-refractivity contribution is 0.190. The van der Waals surface area contributed by atoms with E-state index < -0.39 is 0 Å². The number of rotatable bonds is 7. The van der Waals surface area contributed by atoms with Gasteiger partial charge in [0.05, 0.1) is 18.8 Å². The van der Waals surface area contributed by atoms with Crippen molar-refractivity contribution in [1.29, 1.82) is 0 Å². The monoisotopic (exact) mass is 342 g/mol. The van der Waals surface area contributed by atoms with E-state index in [-0.39, 0.29) is 6.61 Å². The van der Waals surface area contributed by atoms with Gasteiger partial charge in [0.1, 0.15) is 0 Å². The molecule has 2 aromatic rings. The average Bonchev–Trinajstić information content (AvgIpc) is 2.89. The summed E-state index contributed by atoms with van der Waals surface area (Å²) in [4.78, 5) is 2.54. The van der Waals surface area contributed by atoms with Gasteiger partial charge in [0.25, 0.3) is 0 Å². The van der Waals surface area contributed by atoms with Crippen LogP contribution in [0.25, 0.3) is 0 Å². The van der Waals surface area contributed by atoms with Crippen LogP contribution >= 0.6 is 0 Å². The van der Waals surface area contributed by atoms with Crippen LogP contribution in [0.1, 0.15) is 35.4 Å². The molecule has 0 saturated carbocycles. The number of likely N-dealkylation sites (tertiary alicyclic amines) is 1. The quantitative estimate of drug-likeness (QED) is 0.810. The van der Waals surface area contributed by atoms with Crippen molar-refractivity contribution in [2.45, 2.75) is 52.4 Å². The predicted molar refractivity (Wildman–Crippen MR) is 100 cm³/mol. The molecule has 0 spiro atoms. The van der Waals surface area contributed by atoms with E-state index in [1.54, 1.807) is 0 Å². The SMILES string of the molecule is Cc1nn(CCO)c(C)c1CNC1CCN(Cc2ccccc2)CC1. The summed E-state index contributed by atoms with van der Waals surface area (Å²) in [5, 5.41) is 17.4. The largest absolute Gasteiger partial charge is 0.394 e. The average molecular weight is 342 g/mol. The van der Waals surface area contributed by atoms with Crippen LogP contribution < -0.4 is 5.32 Å². The first-order valence-corrected chi connectivity index (χ1v) is 9.30. The number of benzene rings is 1. The number of aromatic nitrogens is 2. The third kappa shape index (κ3) is 4.69. The van der Waals surface area contributed by atoms with Crippen molar-refractivity contribution in [1.82, 2.24) is 20.0 Å². The topological polar surface area (TPSA) is 53.3 Å². The second kappa shape index (κ2) is 8.61. The van der Waals surface area contributed by atoms with Gasteiger partial charge in [0.15, 0.2) is 0 Å². The minimum absolute atomic E-state index is 0.134.